The first kappa shape index (κ1) is 17.3. The summed E-state index contributed by atoms with van der Waals surface area (Å²) >= 11 is 5.90. The molecule has 5 nitrogen and oxygen atoms in total. The van der Waals surface area contributed by atoms with Crippen molar-refractivity contribution in [3.05, 3.63) is 53.1 Å². The SMILES string of the molecule is CC(C)(C)OC(=O)NCCc1cncn1Cc1ccc(Cl)cc1. The van der Waals surface area contributed by atoms with E-state index < -0.39 is 11.7 Å². The Hall–Kier alpha value is -2.01. The smallest absolute Gasteiger partial charge is 0.407 e. The van der Waals surface area contributed by atoms with Crippen LogP contribution in [-0.4, -0.2) is 27.8 Å². The molecule has 1 aromatic carbocycles. The first-order valence-corrected chi connectivity index (χ1v) is 7.91. The molecular weight excluding hydrogens is 314 g/mol. The summed E-state index contributed by atoms with van der Waals surface area (Å²) in [6.07, 6.45) is 3.89. The first-order chi connectivity index (χ1) is 10.8. The van der Waals surface area contributed by atoms with Crippen LogP contribution < -0.4 is 5.32 Å². The molecule has 6 heteroatoms. The lowest BCUT2D eigenvalue weighted by atomic mass is 10.2. The van der Waals surface area contributed by atoms with E-state index in [4.69, 9.17) is 16.3 Å². The zero-order valence-electron chi connectivity index (χ0n) is 13.7. The topological polar surface area (TPSA) is 56.1 Å². The molecule has 1 heterocycles. The molecular formula is C17H22ClN3O2. The number of carbonyl (C=O) groups excluding carboxylic acids is 1. The molecule has 0 spiro atoms. The van der Waals surface area contributed by atoms with Crippen molar-refractivity contribution < 1.29 is 9.53 Å². The predicted octanol–water partition coefficient (Wildman–Crippen LogP) is 3.65. The molecule has 1 N–H and O–H groups in total. The fourth-order valence-electron chi connectivity index (χ4n) is 2.09. The van der Waals surface area contributed by atoms with Crippen molar-refractivity contribution in [3.63, 3.8) is 0 Å². The van der Waals surface area contributed by atoms with E-state index in [0.29, 0.717) is 13.0 Å². The number of imidazole rings is 1. The summed E-state index contributed by atoms with van der Waals surface area (Å²) in [5, 5.41) is 3.48. The van der Waals surface area contributed by atoms with Gasteiger partial charge in [0.05, 0.1) is 6.33 Å². The van der Waals surface area contributed by atoms with E-state index in [1.165, 1.54) is 0 Å². The Morgan fingerprint density at radius 3 is 2.65 bits per heavy atom. The van der Waals surface area contributed by atoms with E-state index in [0.717, 1.165) is 22.8 Å². The average molecular weight is 336 g/mol. The zero-order chi connectivity index (χ0) is 16.9. The van der Waals surface area contributed by atoms with Gasteiger partial charge in [0, 0.05) is 36.4 Å². The normalized spacial score (nSPS) is 11.3. The van der Waals surface area contributed by atoms with Gasteiger partial charge in [0.25, 0.3) is 0 Å². The lowest BCUT2D eigenvalue weighted by molar-refractivity contribution is 0.0528. The maximum Gasteiger partial charge on any atom is 0.407 e. The highest BCUT2D eigenvalue weighted by atomic mass is 35.5. The lowest BCUT2D eigenvalue weighted by Gasteiger charge is -2.19. The number of ether oxygens (including phenoxy) is 1. The van der Waals surface area contributed by atoms with Crippen LogP contribution in [0.15, 0.2) is 36.8 Å². The third kappa shape index (κ3) is 5.94. The number of aromatic nitrogens is 2. The van der Waals surface area contributed by atoms with Crippen LogP contribution in [0, 0.1) is 0 Å². The van der Waals surface area contributed by atoms with E-state index in [1.54, 1.807) is 6.33 Å². The van der Waals surface area contributed by atoms with Crippen molar-refractivity contribution in [2.24, 2.45) is 0 Å². The minimum Gasteiger partial charge on any atom is -0.444 e. The Labute approximate surface area is 141 Å². The number of benzene rings is 1. The second-order valence-corrected chi connectivity index (χ2v) is 6.75. The summed E-state index contributed by atoms with van der Waals surface area (Å²) in [5.74, 6) is 0. The van der Waals surface area contributed by atoms with Gasteiger partial charge in [-0.2, -0.15) is 0 Å². The largest absolute Gasteiger partial charge is 0.444 e. The third-order valence-corrected chi connectivity index (χ3v) is 3.37. The Kier molecular flexibility index (Phi) is 5.66. The van der Waals surface area contributed by atoms with Crippen LogP contribution >= 0.6 is 11.6 Å². The molecule has 2 rings (SSSR count). The molecule has 23 heavy (non-hydrogen) atoms. The number of carbonyl (C=O) groups is 1. The lowest BCUT2D eigenvalue weighted by Crippen LogP contribution is -2.33. The van der Waals surface area contributed by atoms with E-state index >= 15 is 0 Å². The first-order valence-electron chi connectivity index (χ1n) is 7.54. The Morgan fingerprint density at radius 2 is 2.00 bits per heavy atom. The molecule has 0 atom stereocenters. The number of amides is 1. The van der Waals surface area contributed by atoms with Crippen molar-refractivity contribution in [1.29, 1.82) is 0 Å². The van der Waals surface area contributed by atoms with Gasteiger partial charge in [-0.05, 0) is 38.5 Å². The van der Waals surface area contributed by atoms with Gasteiger partial charge in [0.2, 0.25) is 0 Å². The zero-order valence-corrected chi connectivity index (χ0v) is 14.4. The van der Waals surface area contributed by atoms with Gasteiger partial charge in [-0.25, -0.2) is 9.78 Å². The van der Waals surface area contributed by atoms with Gasteiger partial charge in [-0.1, -0.05) is 23.7 Å². The number of nitrogens with one attached hydrogen (secondary N) is 1. The van der Waals surface area contributed by atoms with Crippen LogP contribution in [0.3, 0.4) is 0 Å². The van der Waals surface area contributed by atoms with E-state index in [2.05, 4.69) is 14.9 Å². The standard InChI is InChI=1S/C17H22ClN3O2/c1-17(2,3)23-16(22)20-9-8-15-10-19-12-21(15)11-13-4-6-14(18)7-5-13/h4-7,10,12H,8-9,11H2,1-3H3,(H,20,22). The van der Waals surface area contributed by atoms with Gasteiger partial charge in [-0.3, -0.25) is 0 Å². The molecule has 124 valence electrons. The highest BCUT2D eigenvalue weighted by Gasteiger charge is 2.15. The number of nitrogens with zero attached hydrogens (tertiary/aromatic N) is 2. The van der Waals surface area contributed by atoms with Crippen LogP contribution in [-0.2, 0) is 17.7 Å². The maximum atomic E-state index is 11.6. The number of halogens is 1. The molecule has 1 aromatic heterocycles. The van der Waals surface area contributed by atoms with Crippen LogP contribution in [0.1, 0.15) is 32.0 Å². The van der Waals surface area contributed by atoms with Crippen LogP contribution in [0.5, 0.6) is 0 Å². The van der Waals surface area contributed by atoms with Crippen molar-refractivity contribution in [2.75, 3.05) is 6.54 Å². The fraction of sp³-hybridized carbons (Fsp3) is 0.412. The molecule has 1 amide bonds. The van der Waals surface area contributed by atoms with Crippen molar-refractivity contribution in [3.8, 4) is 0 Å². The molecule has 2 aromatic rings. The molecule has 0 fully saturated rings. The number of hydrogen-bond donors (Lipinski definition) is 1. The van der Waals surface area contributed by atoms with Crippen molar-refractivity contribution >= 4 is 17.7 Å². The monoisotopic (exact) mass is 335 g/mol. The number of alkyl carbamates (subject to hydrolysis) is 1. The van der Waals surface area contributed by atoms with Crippen LogP contribution in [0.4, 0.5) is 4.79 Å². The van der Waals surface area contributed by atoms with Crippen molar-refractivity contribution in [2.45, 2.75) is 39.3 Å². The minimum absolute atomic E-state index is 0.402. The summed E-state index contributed by atoms with van der Waals surface area (Å²) in [7, 11) is 0. The van der Waals surface area contributed by atoms with Gasteiger partial charge in [-0.15, -0.1) is 0 Å². The molecule has 0 radical (unpaired) electrons. The third-order valence-electron chi connectivity index (χ3n) is 3.11. The van der Waals surface area contributed by atoms with Gasteiger partial charge in [0.15, 0.2) is 0 Å². The molecule has 0 aliphatic carbocycles. The molecule has 0 saturated carbocycles. The molecule has 0 bridgehead atoms. The predicted molar refractivity (Wildman–Crippen MR) is 90.7 cm³/mol. The molecule has 0 saturated heterocycles. The van der Waals surface area contributed by atoms with E-state index in [1.807, 2.05) is 51.2 Å². The van der Waals surface area contributed by atoms with Crippen LogP contribution in [0.25, 0.3) is 0 Å². The van der Waals surface area contributed by atoms with E-state index in [-0.39, 0.29) is 0 Å². The fourth-order valence-corrected chi connectivity index (χ4v) is 2.22. The molecule has 0 aliphatic heterocycles. The Morgan fingerprint density at radius 1 is 1.30 bits per heavy atom. The maximum absolute atomic E-state index is 11.6. The number of rotatable bonds is 5. The quantitative estimate of drug-likeness (QED) is 0.907. The minimum atomic E-state index is -0.486. The van der Waals surface area contributed by atoms with Gasteiger partial charge in [0.1, 0.15) is 5.60 Å². The van der Waals surface area contributed by atoms with E-state index in [9.17, 15) is 4.79 Å². The van der Waals surface area contributed by atoms with Gasteiger partial charge >= 0.3 is 6.09 Å². The summed E-state index contributed by atoms with van der Waals surface area (Å²) in [6, 6.07) is 7.73. The van der Waals surface area contributed by atoms with Gasteiger partial charge < -0.3 is 14.6 Å². The molecule has 0 aliphatic rings. The summed E-state index contributed by atoms with van der Waals surface area (Å²) in [4.78, 5) is 15.8. The summed E-state index contributed by atoms with van der Waals surface area (Å²) < 4.78 is 7.26. The average Bonchev–Trinajstić information content (AvgIpc) is 2.87. The number of hydrogen-bond acceptors (Lipinski definition) is 3. The second-order valence-electron chi connectivity index (χ2n) is 6.32. The van der Waals surface area contributed by atoms with Crippen LogP contribution in [0.2, 0.25) is 5.02 Å². The molecule has 0 unspecified atom stereocenters. The highest BCUT2D eigenvalue weighted by molar-refractivity contribution is 6.30. The Balaban J connectivity index is 1.86. The highest BCUT2D eigenvalue weighted by Crippen LogP contribution is 2.12. The summed E-state index contributed by atoms with van der Waals surface area (Å²) in [5.41, 5.74) is 1.71. The Bertz CT molecular complexity index is 645. The second kappa shape index (κ2) is 7.51. The van der Waals surface area contributed by atoms with Crippen molar-refractivity contribution in [1.82, 2.24) is 14.9 Å². The summed E-state index contributed by atoms with van der Waals surface area (Å²) in [6.45, 7) is 6.75.